The van der Waals surface area contributed by atoms with Gasteiger partial charge in [0.25, 0.3) is 5.91 Å². The number of aryl methyl sites for hydroxylation is 1. The number of ketones is 1. The number of anilines is 1. The van der Waals surface area contributed by atoms with Gasteiger partial charge >= 0.3 is 0 Å². The maximum Gasteiger partial charge on any atom is 0.257 e. The lowest BCUT2D eigenvalue weighted by Crippen LogP contribution is -2.17. The van der Waals surface area contributed by atoms with Gasteiger partial charge in [0.2, 0.25) is 0 Å². The molecule has 1 aliphatic carbocycles. The minimum Gasteiger partial charge on any atom is -0.364 e. The molecule has 0 bridgehead atoms. The molecule has 0 aromatic carbocycles. The lowest BCUT2D eigenvalue weighted by molar-refractivity contribution is 0.0956. The standard InChI is InChI=1S/C13H12N2O2S/c16-11-3-1-2-10-12(11)9(6-14-10)13(17)15-8-4-5-18-7-8/h4-7,14H,1-3H2,(H,15,17). The Morgan fingerprint density at radius 3 is 3.06 bits per heavy atom. The first-order valence-corrected chi connectivity index (χ1v) is 6.77. The van der Waals surface area contributed by atoms with Crippen molar-refractivity contribution in [3.05, 3.63) is 39.8 Å². The van der Waals surface area contributed by atoms with E-state index in [2.05, 4.69) is 10.3 Å². The van der Waals surface area contributed by atoms with E-state index in [1.165, 1.54) is 11.3 Å². The van der Waals surface area contributed by atoms with Crippen LogP contribution in [0.2, 0.25) is 0 Å². The van der Waals surface area contributed by atoms with Crippen LogP contribution in [0.1, 0.15) is 39.3 Å². The van der Waals surface area contributed by atoms with E-state index in [9.17, 15) is 9.59 Å². The summed E-state index contributed by atoms with van der Waals surface area (Å²) in [6.07, 6.45) is 3.86. The van der Waals surface area contributed by atoms with Gasteiger partial charge in [-0.15, -0.1) is 0 Å². The molecule has 92 valence electrons. The van der Waals surface area contributed by atoms with Gasteiger partial charge in [0.15, 0.2) is 5.78 Å². The van der Waals surface area contributed by atoms with Crippen LogP contribution in [0.5, 0.6) is 0 Å². The van der Waals surface area contributed by atoms with Gasteiger partial charge in [0, 0.05) is 23.7 Å². The summed E-state index contributed by atoms with van der Waals surface area (Å²) < 4.78 is 0. The number of fused-ring (bicyclic) bond motifs is 1. The van der Waals surface area contributed by atoms with E-state index in [0.717, 1.165) is 24.2 Å². The Kier molecular flexibility index (Phi) is 2.76. The molecule has 0 saturated heterocycles. The third kappa shape index (κ3) is 1.86. The smallest absolute Gasteiger partial charge is 0.257 e. The molecule has 2 aromatic heterocycles. The molecular weight excluding hydrogens is 248 g/mol. The van der Waals surface area contributed by atoms with Crippen molar-refractivity contribution in [1.29, 1.82) is 0 Å². The number of carbonyl (C=O) groups is 2. The van der Waals surface area contributed by atoms with Gasteiger partial charge in [-0.25, -0.2) is 0 Å². The third-order valence-corrected chi connectivity index (χ3v) is 3.78. The first-order valence-electron chi connectivity index (χ1n) is 5.82. The molecule has 0 spiro atoms. The Hall–Kier alpha value is -1.88. The Morgan fingerprint density at radius 1 is 1.39 bits per heavy atom. The number of H-pyrrole nitrogens is 1. The molecule has 2 aromatic rings. The largest absolute Gasteiger partial charge is 0.364 e. The predicted molar refractivity (Wildman–Crippen MR) is 70.3 cm³/mol. The minimum atomic E-state index is -0.221. The maximum absolute atomic E-state index is 12.1. The first-order chi connectivity index (χ1) is 8.75. The summed E-state index contributed by atoms with van der Waals surface area (Å²) >= 11 is 1.52. The average Bonchev–Trinajstić information content (AvgIpc) is 2.97. The molecule has 18 heavy (non-hydrogen) atoms. The van der Waals surface area contributed by atoms with Gasteiger partial charge in [-0.1, -0.05) is 0 Å². The molecule has 0 atom stereocenters. The van der Waals surface area contributed by atoms with Crippen molar-refractivity contribution < 1.29 is 9.59 Å². The molecule has 0 unspecified atom stereocenters. The fourth-order valence-electron chi connectivity index (χ4n) is 2.25. The van der Waals surface area contributed by atoms with Crippen LogP contribution >= 0.6 is 11.3 Å². The monoisotopic (exact) mass is 260 g/mol. The number of Topliss-reactive ketones (excluding diaryl/α,β-unsaturated/α-hetero) is 1. The highest BCUT2D eigenvalue weighted by molar-refractivity contribution is 7.08. The molecule has 1 aliphatic rings. The average molecular weight is 260 g/mol. The van der Waals surface area contributed by atoms with Crippen LogP contribution in [0.15, 0.2) is 23.0 Å². The molecule has 3 rings (SSSR count). The molecule has 0 fully saturated rings. The number of aromatic amines is 1. The second kappa shape index (κ2) is 4.42. The summed E-state index contributed by atoms with van der Waals surface area (Å²) in [5.74, 6) is -0.158. The quantitative estimate of drug-likeness (QED) is 0.872. The normalized spacial score (nSPS) is 14.3. The number of hydrogen-bond acceptors (Lipinski definition) is 3. The van der Waals surface area contributed by atoms with E-state index in [0.29, 0.717) is 17.5 Å². The molecule has 1 amide bonds. The number of aromatic nitrogens is 1. The van der Waals surface area contributed by atoms with Crippen molar-refractivity contribution in [1.82, 2.24) is 4.98 Å². The highest BCUT2D eigenvalue weighted by Gasteiger charge is 2.25. The number of hydrogen-bond donors (Lipinski definition) is 2. The van der Waals surface area contributed by atoms with Crippen molar-refractivity contribution in [3.63, 3.8) is 0 Å². The topological polar surface area (TPSA) is 62.0 Å². The fraction of sp³-hybridized carbons (Fsp3) is 0.231. The number of rotatable bonds is 2. The van der Waals surface area contributed by atoms with Gasteiger partial charge in [0.05, 0.1) is 16.8 Å². The number of carbonyl (C=O) groups excluding carboxylic acids is 2. The summed E-state index contributed by atoms with van der Waals surface area (Å²) in [7, 11) is 0. The highest BCUT2D eigenvalue weighted by Crippen LogP contribution is 2.25. The van der Waals surface area contributed by atoms with Gasteiger partial charge in [-0.3, -0.25) is 9.59 Å². The van der Waals surface area contributed by atoms with Crippen LogP contribution in [0.25, 0.3) is 0 Å². The molecule has 0 aliphatic heterocycles. The molecule has 4 nitrogen and oxygen atoms in total. The van der Waals surface area contributed by atoms with Crippen LogP contribution < -0.4 is 5.32 Å². The molecular formula is C13H12N2O2S. The van der Waals surface area contributed by atoms with Crippen LogP contribution in [-0.4, -0.2) is 16.7 Å². The van der Waals surface area contributed by atoms with Crippen LogP contribution in [0.3, 0.4) is 0 Å². The predicted octanol–water partition coefficient (Wildman–Crippen LogP) is 2.85. The van der Waals surface area contributed by atoms with E-state index >= 15 is 0 Å². The zero-order valence-electron chi connectivity index (χ0n) is 9.66. The summed E-state index contributed by atoms with van der Waals surface area (Å²) in [5.41, 5.74) is 2.69. The summed E-state index contributed by atoms with van der Waals surface area (Å²) in [6.45, 7) is 0. The Bertz CT molecular complexity index is 599. The lowest BCUT2D eigenvalue weighted by Gasteiger charge is -2.11. The van der Waals surface area contributed by atoms with Crippen molar-refractivity contribution in [2.75, 3.05) is 5.32 Å². The number of amides is 1. The third-order valence-electron chi connectivity index (χ3n) is 3.09. The van der Waals surface area contributed by atoms with Crippen LogP contribution in [-0.2, 0) is 6.42 Å². The van der Waals surface area contributed by atoms with Crippen LogP contribution in [0, 0.1) is 0 Å². The molecule has 0 radical (unpaired) electrons. The van der Waals surface area contributed by atoms with Crippen molar-refractivity contribution in [2.45, 2.75) is 19.3 Å². The maximum atomic E-state index is 12.1. The van der Waals surface area contributed by atoms with Gasteiger partial charge in [-0.2, -0.15) is 11.3 Å². The summed E-state index contributed by atoms with van der Waals surface area (Å²) in [6, 6.07) is 1.84. The first kappa shape index (κ1) is 11.2. The zero-order chi connectivity index (χ0) is 12.5. The van der Waals surface area contributed by atoms with E-state index in [1.807, 2.05) is 16.8 Å². The molecule has 0 saturated carbocycles. The number of nitrogens with one attached hydrogen (secondary N) is 2. The van der Waals surface area contributed by atoms with Crippen molar-refractivity contribution >= 4 is 28.7 Å². The fourth-order valence-corrected chi connectivity index (χ4v) is 2.83. The van der Waals surface area contributed by atoms with E-state index in [-0.39, 0.29) is 11.7 Å². The van der Waals surface area contributed by atoms with E-state index in [4.69, 9.17) is 0 Å². The zero-order valence-corrected chi connectivity index (χ0v) is 10.5. The van der Waals surface area contributed by atoms with E-state index < -0.39 is 0 Å². The SMILES string of the molecule is O=C(Nc1ccsc1)c1c[nH]c2c1C(=O)CCC2. The Morgan fingerprint density at radius 2 is 2.28 bits per heavy atom. The number of thiophene rings is 1. The Balaban J connectivity index is 1.91. The van der Waals surface area contributed by atoms with Crippen molar-refractivity contribution in [2.24, 2.45) is 0 Å². The van der Waals surface area contributed by atoms with E-state index in [1.54, 1.807) is 6.20 Å². The summed E-state index contributed by atoms with van der Waals surface area (Å²) in [4.78, 5) is 27.0. The molecule has 5 heteroatoms. The van der Waals surface area contributed by atoms with Gasteiger partial charge in [-0.05, 0) is 24.3 Å². The second-order valence-corrected chi connectivity index (χ2v) is 5.08. The summed E-state index contributed by atoms with van der Waals surface area (Å²) in [5, 5.41) is 6.55. The van der Waals surface area contributed by atoms with Crippen LogP contribution in [0.4, 0.5) is 5.69 Å². The van der Waals surface area contributed by atoms with Gasteiger partial charge < -0.3 is 10.3 Å². The molecule has 2 heterocycles. The Labute approximate surface area is 108 Å². The highest BCUT2D eigenvalue weighted by atomic mass is 32.1. The van der Waals surface area contributed by atoms with Crippen molar-refractivity contribution in [3.8, 4) is 0 Å². The minimum absolute atomic E-state index is 0.0629. The molecule has 2 N–H and O–H groups in total. The lowest BCUT2D eigenvalue weighted by atomic mass is 9.93. The second-order valence-electron chi connectivity index (χ2n) is 4.30. The van der Waals surface area contributed by atoms with Gasteiger partial charge in [0.1, 0.15) is 0 Å².